The lowest BCUT2D eigenvalue weighted by Crippen LogP contribution is -2.27. The second-order valence-electron chi connectivity index (χ2n) is 6.35. The van der Waals surface area contributed by atoms with Crippen LogP contribution in [0.1, 0.15) is 37.4 Å². The summed E-state index contributed by atoms with van der Waals surface area (Å²) in [5.41, 5.74) is 2.76. The van der Waals surface area contributed by atoms with E-state index in [1.165, 1.54) is 0 Å². The Kier molecular flexibility index (Phi) is 5.32. The highest BCUT2D eigenvalue weighted by atomic mass is 32.2. The highest BCUT2D eigenvalue weighted by molar-refractivity contribution is 7.89. The molecule has 2 aromatic carbocycles. The number of rotatable bonds is 6. The van der Waals surface area contributed by atoms with Crippen molar-refractivity contribution in [1.82, 2.24) is 9.29 Å². The molecule has 3 rings (SSSR count). The quantitative estimate of drug-likeness (QED) is 0.696. The summed E-state index contributed by atoms with van der Waals surface area (Å²) in [7, 11) is -3.69. The van der Waals surface area contributed by atoms with Gasteiger partial charge in [-0.2, -0.15) is 0 Å². The molecule has 0 fully saturated rings. The number of nitrogens with zero attached hydrogens (tertiary/aromatic N) is 1. The second kappa shape index (κ2) is 7.34. The van der Waals surface area contributed by atoms with Crippen molar-refractivity contribution in [3.63, 3.8) is 0 Å². The minimum absolute atomic E-state index is 0.0577. The molecule has 1 aromatic heterocycles. The van der Waals surface area contributed by atoms with Crippen LogP contribution >= 0.6 is 11.3 Å². The zero-order chi connectivity index (χ0) is 18.9. The Hall–Kier alpha value is -1.96. The normalized spacial score (nSPS) is 13.2. The average Bonchev–Trinajstić information content (AvgIpc) is 2.90. The summed E-state index contributed by atoms with van der Waals surface area (Å²) >= 11 is 1.08. The topological polar surface area (TPSA) is 68.2 Å². The fourth-order valence-corrected chi connectivity index (χ4v) is 5.37. The van der Waals surface area contributed by atoms with Gasteiger partial charge in [0.15, 0.2) is 0 Å². The number of thiazole rings is 1. The van der Waals surface area contributed by atoms with Crippen LogP contribution in [0.25, 0.3) is 10.2 Å². The monoisotopic (exact) mass is 390 g/mol. The van der Waals surface area contributed by atoms with Gasteiger partial charge in [0, 0.05) is 12.6 Å². The van der Waals surface area contributed by atoms with E-state index in [1.807, 2.05) is 45.0 Å². The van der Waals surface area contributed by atoms with Gasteiger partial charge in [0.2, 0.25) is 10.0 Å². The molecule has 1 unspecified atom stereocenters. The lowest BCUT2D eigenvalue weighted by molar-refractivity contribution is 0.566. The van der Waals surface area contributed by atoms with Crippen LogP contribution < -0.4 is 9.60 Å². The van der Waals surface area contributed by atoms with Crippen LogP contribution in [0.15, 0.2) is 52.2 Å². The average molecular weight is 391 g/mol. The molecule has 0 radical (unpaired) electrons. The standard InChI is InChI=1S/C19H22N2O3S2/c1-4-11-21-17-10-9-15(12-18(17)25-19(21)22)26(23,24)20-14(3)16-8-6-5-7-13(16)2/h5-10,12,14,20H,4,11H2,1-3H3. The third-order valence-corrected chi connectivity index (χ3v) is 6.86. The lowest BCUT2D eigenvalue weighted by atomic mass is 10.0. The number of hydrogen-bond donors (Lipinski definition) is 1. The van der Waals surface area contributed by atoms with Gasteiger partial charge in [0.25, 0.3) is 0 Å². The highest BCUT2D eigenvalue weighted by Gasteiger charge is 2.20. The molecule has 26 heavy (non-hydrogen) atoms. The third kappa shape index (κ3) is 3.60. The molecular formula is C19H22N2O3S2. The lowest BCUT2D eigenvalue weighted by Gasteiger charge is -2.16. The van der Waals surface area contributed by atoms with E-state index in [-0.39, 0.29) is 15.8 Å². The first-order chi connectivity index (χ1) is 12.3. The first kappa shape index (κ1) is 18.8. The fourth-order valence-electron chi connectivity index (χ4n) is 3.09. The zero-order valence-corrected chi connectivity index (χ0v) is 16.7. The summed E-state index contributed by atoms with van der Waals surface area (Å²) in [4.78, 5) is 12.2. The number of aromatic nitrogens is 1. The molecule has 0 aliphatic rings. The van der Waals surface area contributed by atoms with Gasteiger partial charge in [0.05, 0.1) is 15.1 Å². The van der Waals surface area contributed by atoms with E-state index < -0.39 is 10.0 Å². The molecular weight excluding hydrogens is 368 g/mol. The molecule has 0 saturated carbocycles. The van der Waals surface area contributed by atoms with Gasteiger partial charge in [0.1, 0.15) is 0 Å². The van der Waals surface area contributed by atoms with E-state index in [4.69, 9.17) is 0 Å². The first-order valence-electron chi connectivity index (χ1n) is 8.54. The molecule has 0 bridgehead atoms. The summed E-state index contributed by atoms with van der Waals surface area (Å²) in [5, 5.41) is 0. The molecule has 0 saturated heterocycles. The Bertz CT molecular complexity index is 1100. The molecule has 1 atom stereocenters. The van der Waals surface area contributed by atoms with Crippen LogP contribution in [-0.2, 0) is 16.6 Å². The maximum absolute atomic E-state index is 12.8. The Morgan fingerprint density at radius 3 is 2.62 bits per heavy atom. The minimum atomic E-state index is -3.69. The molecule has 0 spiro atoms. The molecule has 7 heteroatoms. The third-order valence-electron chi connectivity index (χ3n) is 4.38. The Morgan fingerprint density at radius 2 is 1.92 bits per heavy atom. The molecule has 3 aromatic rings. The SMILES string of the molecule is CCCn1c(=O)sc2cc(S(=O)(=O)NC(C)c3ccccc3C)ccc21. The van der Waals surface area contributed by atoms with Gasteiger partial charge in [-0.05, 0) is 49.6 Å². The summed E-state index contributed by atoms with van der Waals surface area (Å²) in [5.74, 6) is 0. The van der Waals surface area contributed by atoms with Crippen LogP contribution in [0.4, 0.5) is 0 Å². The smallest absolute Gasteiger partial charge is 0.299 e. The van der Waals surface area contributed by atoms with E-state index in [0.717, 1.165) is 34.4 Å². The van der Waals surface area contributed by atoms with E-state index in [9.17, 15) is 13.2 Å². The fraction of sp³-hybridized carbons (Fsp3) is 0.316. The van der Waals surface area contributed by atoms with Crippen molar-refractivity contribution in [3.05, 3.63) is 63.3 Å². The zero-order valence-electron chi connectivity index (χ0n) is 15.0. The van der Waals surface area contributed by atoms with Crippen molar-refractivity contribution in [2.75, 3.05) is 0 Å². The van der Waals surface area contributed by atoms with Crippen molar-refractivity contribution in [3.8, 4) is 0 Å². The predicted molar refractivity (Wildman–Crippen MR) is 106 cm³/mol. The van der Waals surface area contributed by atoms with Crippen LogP contribution in [0.2, 0.25) is 0 Å². The van der Waals surface area contributed by atoms with Crippen LogP contribution in [0.3, 0.4) is 0 Å². The number of sulfonamides is 1. The van der Waals surface area contributed by atoms with E-state index in [1.54, 1.807) is 22.8 Å². The molecule has 138 valence electrons. The van der Waals surface area contributed by atoms with E-state index in [2.05, 4.69) is 4.72 Å². The highest BCUT2D eigenvalue weighted by Crippen LogP contribution is 2.24. The first-order valence-corrected chi connectivity index (χ1v) is 10.8. The van der Waals surface area contributed by atoms with Gasteiger partial charge in [-0.15, -0.1) is 0 Å². The van der Waals surface area contributed by atoms with Crippen molar-refractivity contribution < 1.29 is 8.42 Å². The second-order valence-corrected chi connectivity index (χ2v) is 9.06. The summed E-state index contributed by atoms with van der Waals surface area (Å²) in [6.45, 7) is 6.42. The number of fused-ring (bicyclic) bond motifs is 1. The number of aryl methyl sites for hydroxylation is 2. The van der Waals surface area contributed by atoms with Crippen molar-refractivity contribution in [1.29, 1.82) is 0 Å². The van der Waals surface area contributed by atoms with E-state index in [0.29, 0.717) is 11.2 Å². The van der Waals surface area contributed by atoms with Crippen LogP contribution in [0.5, 0.6) is 0 Å². The summed E-state index contributed by atoms with van der Waals surface area (Å²) < 4.78 is 30.7. The van der Waals surface area contributed by atoms with Crippen molar-refractivity contribution >= 4 is 31.6 Å². The van der Waals surface area contributed by atoms with E-state index >= 15 is 0 Å². The van der Waals surface area contributed by atoms with Gasteiger partial charge in [-0.3, -0.25) is 9.36 Å². The summed E-state index contributed by atoms with van der Waals surface area (Å²) in [6, 6.07) is 12.2. The molecule has 1 heterocycles. The number of benzene rings is 2. The molecule has 1 N–H and O–H groups in total. The van der Waals surface area contributed by atoms with Gasteiger partial charge >= 0.3 is 4.87 Å². The minimum Gasteiger partial charge on any atom is -0.299 e. The number of hydrogen-bond acceptors (Lipinski definition) is 4. The maximum Gasteiger partial charge on any atom is 0.308 e. The van der Waals surface area contributed by atoms with Crippen LogP contribution in [-0.4, -0.2) is 13.0 Å². The van der Waals surface area contributed by atoms with Crippen molar-refractivity contribution in [2.45, 2.75) is 44.7 Å². The molecule has 0 amide bonds. The Morgan fingerprint density at radius 1 is 1.19 bits per heavy atom. The predicted octanol–water partition coefficient (Wildman–Crippen LogP) is 3.82. The molecule has 0 aliphatic carbocycles. The van der Waals surface area contributed by atoms with Crippen molar-refractivity contribution in [2.24, 2.45) is 0 Å². The Labute approximate surface area is 157 Å². The van der Waals surface area contributed by atoms with Gasteiger partial charge < -0.3 is 0 Å². The largest absolute Gasteiger partial charge is 0.308 e. The molecule has 5 nitrogen and oxygen atoms in total. The number of nitrogens with one attached hydrogen (secondary N) is 1. The Balaban J connectivity index is 1.94. The summed E-state index contributed by atoms with van der Waals surface area (Å²) in [6.07, 6.45) is 0.848. The van der Waals surface area contributed by atoms with Gasteiger partial charge in [-0.1, -0.05) is 42.5 Å². The van der Waals surface area contributed by atoms with Gasteiger partial charge in [-0.25, -0.2) is 13.1 Å². The molecule has 0 aliphatic heterocycles. The van der Waals surface area contributed by atoms with Crippen LogP contribution in [0, 0.1) is 6.92 Å². The maximum atomic E-state index is 12.8.